The fraction of sp³-hybridized carbons (Fsp3) is 0.562. The van der Waals surface area contributed by atoms with E-state index in [9.17, 15) is 4.79 Å². The van der Waals surface area contributed by atoms with Crippen LogP contribution in [0.15, 0.2) is 22.7 Å². The van der Waals surface area contributed by atoms with E-state index < -0.39 is 5.97 Å². The predicted octanol–water partition coefficient (Wildman–Crippen LogP) is 4.60. The normalized spacial score (nSPS) is 10.7. The molecule has 1 aromatic rings. The van der Waals surface area contributed by atoms with Crippen molar-refractivity contribution >= 4 is 21.9 Å². The summed E-state index contributed by atoms with van der Waals surface area (Å²) >= 11 is 3.42. The zero-order valence-corrected chi connectivity index (χ0v) is 13.7. The largest absolute Gasteiger partial charge is 0.478 e. The van der Waals surface area contributed by atoms with Crippen LogP contribution in [-0.2, 0) is 6.54 Å². The molecular formula is C16H24BrNO2. The Morgan fingerprint density at radius 1 is 1.20 bits per heavy atom. The number of nitrogens with one attached hydrogen (secondary N) is 1. The van der Waals surface area contributed by atoms with Gasteiger partial charge in [0.15, 0.2) is 0 Å². The molecule has 0 heterocycles. The Hall–Kier alpha value is -0.870. The highest BCUT2D eigenvalue weighted by molar-refractivity contribution is 9.10. The monoisotopic (exact) mass is 341 g/mol. The van der Waals surface area contributed by atoms with Crippen LogP contribution in [0.2, 0.25) is 0 Å². The molecule has 0 aliphatic carbocycles. The summed E-state index contributed by atoms with van der Waals surface area (Å²) in [5.74, 6) is -0.891. The second-order valence-electron chi connectivity index (χ2n) is 5.06. The standard InChI is InChI=1S/C16H24BrNO2/c1-2-3-4-5-6-7-10-18-12-14-9-8-13(16(19)20)11-15(14)17/h8-9,11,18H,2-7,10,12H2,1H3,(H,19,20). The number of carbonyl (C=O) groups is 1. The summed E-state index contributed by atoms with van der Waals surface area (Å²) in [5.41, 5.74) is 1.41. The highest BCUT2D eigenvalue weighted by atomic mass is 79.9. The van der Waals surface area contributed by atoms with Crippen LogP contribution in [0.4, 0.5) is 0 Å². The van der Waals surface area contributed by atoms with Crippen LogP contribution in [0, 0.1) is 0 Å². The Balaban J connectivity index is 2.20. The molecule has 0 aromatic heterocycles. The minimum Gasteiger partial charge on any atom is -0.478 e. The van der Waals surface area contributed by atoms with Crippen molar-refractivity contribution in [3.8, 4) is 0 Å². The quantitative estimate of drug-likeness (QED) is 0.611. The van der Waals surface area contributed by atoms with Crippen molar-refractivity contribution in [3.63, 3.8) is 0 Å². The van der Waals surface area contributed by atoms with E-state index in [-0.39, 0.29) is 0 Å². The molecule has 1 rings (SSSR count). The maximum Gasteiger partial charge on any atom is 0.335 e. The van der Waals surface area contributed by atoms with E-state index in [0.29, 0.717) is 5.56 Å². The van der Waals surface area contributed by atoms with Gasteiger partial charge in [-0.05, 0) is 30.7 Å². The molecule has 4 heteroatoms. The third kappa shape index (κ3) is 6.53. The first-order valence-electron chi connectivity index (χ1n) is 7.37. The molecule has 0 spiro atoms. The number of unbranched alkanes of at least 4 members (excludes halogenated alkanes) is 5. The minimum absolute atomic E-state index is 0.316. The van der Waals surface area contributed by atoms with Gasteiger partial charge in [0, 0.05) is 11.0 Å². The van der Waals surface area contributed by atoms with Crippen molar-refractivity contribution in [1.29, 1.82) is 0 Å². The molecule has 0 aliphatic rings. The topological polar surface area (TPSA) is 49.3 Å². The Labute approximate surface area is 129 Å². The van der Waals surface area contributed by atoms with Gasteiger partial charge in [0.05, 0.1) is 5.56 Å². The average molecular weight is 342 g/mol. The number of carboxylic acids is 1. The van der Waals surface area contributed by atoms with E-state index >= 15 is 0 Å². The molecule has 0 aliphatic heterocycles. The van der Waals surface area contributed by atoms with Gasteiger partial charge in [0.25, 0.3) is 0 Å². The molecular weight excluding hydrogens is 318 g/mol. The summed E-state index contributed by atoms with van der Waals surface area (Å²) in [5, 5.41) is 12.3. The fourth-order valence-corrected chi connectivity index (χ4v) is 2.60. The van der Waals surface area contributed by atoms with Crippen molar-refractivity contribution in [2.45, 2.75) is 52.0 Å². The van der Waals surface area contributed by atoms with Gasteiger partial charge in [-0.2, -0.15) is 0 Å². The number of halogens is 1. The van der Waals surface area contributed by atoms with E-state index in [1.54, 1.807) is 12.1 Å². The molecule has 0 bridgehead atoms. The van der Waals surface area contributed by atoms with Crippen LogP contribution in [-0.4, -0.2) is 17.6 Å². The van der Waals surface area contributed by atoms with Gasteiger partial charge >= 0.3 is 5.97 Å². The van der Waals surface area contributed by atoms with E-state index in [4.69, 9.17) is 5.11 Å². The van der Waals surface area contributed by atoms with Crippen molar-refractivity contribution in [2.24, 2.45) is 0 Å². The van der Waals surface area contributed by atoms with E-state index in [1.807, 2.05) is 6.07 Å². The summed E-state index contributed by atoms with van der Waals surface area (Å²) in [4.78, 5) is 10.8. The van der Waals surface area contributed by atoms with Crippen LogP contribution in [0.1, 0.15) is 61.4 Å². The summed E-state index contributed by atoms with van der Waals surface area (Å²) in [6, 6.07) is 5.17. The lowest BCUT2D eigenvalue weighted by molar-refractivity contribution is 0.0697. The summed E-state index contributed by atoms with van der Waals surface area (Å²) in [7, 11) is 0. The van der Waals surface area contributed by atoms with Crippen molar-refractivity contribution in [3.05, 3.63) is 33.8 Å². The van der Waals surface area contributed by atoms with Crippen molar-refractivity contribution < 1.29 is 9.90 Å². The maximum atomic E-state index is 10.8. The Morgan fingerprint density at radius 2 is 1.90 bits per heavy atom. The first kappa shape index (κ1) is 17.2. The first-order chi connectivity index (χ1) is 9.65. The lowest BCUT2D eigenvalue weighted by Gasteiger charge is -2.08. The second kappa shape index (κ2) is 9.94. The Morgan fingerprint density at radius 3 is 2.55 bits per heavy atom. The van der Waals surface area contributed by atoms with Crippen molar-refractivity contribution in [1.82, 2.24) is 5.32 Å². The molecule has 0 saturated carbocycles. The molecule has 0 radical (unpaired) electrons. The van der Waals surface area contributed by atoms with Crippen LogP contribution in [0.3, 0.4) is 0 Å². The van der Waals surface area contributed by atoms with Crippen LogP contribution >= 0.6 is 15.9 Å². The first-order valence-corrected chi connectivity index (χ1v) is 8.17. The number of benzene rings is 1. The highest BCUT2D eigenvalue weighted by Gasteiger charge is 2.06. The number of hydrogen-bond acceptors (Lipinski definition) is 2. The van der Waals surface area contributed by atoms with Gasteiger partial charge in [-0.25, -0.2) is 4.79 Å². The molecule has 3 nitrogen and oxygen atoms in total. The maximum absolute atomic E-state index is 10.8. The van der Waals surface area contributed by atoms with Gasteiger partial charge in [0.1, 0.15) is 0 Å². The van der Waals surface area contributed by atoms with Gasteiger partial charge in [0.2, 0.25) is 0 Å². The number of hydrogen-bond donors (Lipinski definition) is 2. The molecule has 0 saturated heterocycles. The lowest BCUT2D eigenvalue weighted by Crippen LogP contribution is -2.15. The molecule has 112 valence electrons. The molecule has 0 atom stereocenters. The third-order valence-corrected chi connectivity index (χ3v) is 4.06. The van der Waals surface area contributed by atoms with Gasteiger partial charge < -0.3 is 10.4 Å². The highest BCUT2D eigenvalue weighted by Crippen LogP contribution is 2.18. The minimum atomic E-state index is -0.891. The third-order valence-electron chi connectivity index (χ3n) is 3.32. The molecule has 0 unspecified atom stereocenters. The van der Waals surface area contributed by atoms with Crippen molar-refractivity contribution in [2.75, 3.05) is 6.54 Å². The van der Waals surface area contributed by atoms with E-state index in [2.05, 4.69) is 28.2 Å². The van der Waals surface area contributed by atoms with Gasteiger partial charge in [-0.15, -0.1) is 0 Å². The average Bonchev–Trinajstić information content (AvgIpc) is 2.43. The molecule has 0 amide bonds. The summed E-state index contributed by atoms with van der Waals surface area (Å²) < 4.78 is 0.854. The Kier molecular flexibility index (Phi) is 8.54. The van der Waals surface area contributed by atoms with Gasteiger partial charge in [-0.3, -0.25) is 0 Å². The zero-order chi connectivity index (χ0) is 14.8. The SMILES string of the molecule is CCCCCCCCNCc1ccc(C(=O)O)cc1Br. The van der Waals surface area contributed by atoms with E-state index in [1.165, 1.54) is 38.5 Å². The number of carboxylic acid groups (broad SMARTS) is 1. The fourth-order valence-electron chi connectivity index (χ4n) is 2.08. The molecule has 20 heavy (non-hydrogen) atoms. The van der Waals surface area contributed by atoms with Crippen LogP contribution in [0.25, 0.3) is 0 Å². The summed E-state index contributed by atoms with van der Waals surface area (Å²) in [6.45, 7) is 4.02. The van der Waals surface area contributed by atoms with E-state index in [0.717, 1.165) is 23.1 Å². The van der Waals surface area contributed by atoms with Gasteiger partial charge in [-0.1, -0.05) is 61.0 Å². The zero-order valence-electron chi connectivity index (χ0n) is 12.1. The molecule has 2 N–H and O–H groups in total. The number of rotatable bonds is 10. The Bertz CT molecular complexity index is 421. The second-order valence-corrected chi connectivity index (χ2v) is 5.91. The molecule has 1 aromatic carbocycles. The number of aromatic carboxylic acids is 1. The summed E-state index contributed by atoms with van der Waals surface area (Å²) in [6.07, 6.45) is 7.79. The van der Waals surface area contributed by atoms with Crippen LogP contribution < -0.4 is 5.32 Å². The predicted molar refractivity (Wildman–Crippen MR) is 86.2 cm³/mol. The van der Waals surface area contributed by atoms with Crippen LogP contribution in [0.5, 0.6) is 0 Å². The molecule has 0 fully saturated rings. The lowest BCUT2D eigenvalue weighted by atomic mass is 10.1. The smallest absolute Gasteiger partial charge is 0.335 e.